The Morgan fingerprint density at radius 3 is 2.14 bits per heavy atom. The maximum Gasteiger partial charge on any atom is 0.135 e. The molecule has 1 aromatic heterocycles. The maximum absolute atomic E-state index is 6.20. The molecular formula is C48H39NO. The summed E-state index contributed by atoms with van der Waals surface area (Å²) >= 11 is 0. The molecule has 7 aromatic rings. The number of hydrogen-bond donors (Lipinski definition) is 0. The third-order valence-electron chi connectivity index (χ3n) is 10.7. The highest BCUT2D eigenvalue weighted by molar-refractivity contribution is 6.08. The fourth-order valence-electron chi connectivity index (χ4n) is 8.11. The van der Waals surface area contributed by atoms with Crippen LogP contribution in [0.2, 0.25) is 0 Å². The first-order valence-corrected chi connectivity index (χ1v) is 17.8. The summed E-state index contributed by atoms with van der Waals surface area (Å²) in [6, 6.07) is 48.4. The first kappa shape index (κ1) is 30.2. The molecule has 2 nitrogen and oxygen atoms in total. The smallest absolute Gasteiger partial charge is 0.135 e. The van der Waals surface area contributed by atoms with Crippen LogP contribution in [-0.2, 0) is 0 Å². The number of nitrogens with zero attached hydrogens (tertiary/aromatic N) is 1. The molecule has 0 bridgehead atoms. The van der Waals surface area contributed by atoms with E-state index in [9.17, 15) is 0 Å². The van der Waals surface area contributed by atoms with Gasteiger partial charge in [0, 0.05) is 33.6 Å². The molecule has 4 atom stereocenters. The molecule has 0 radical (unpaired) electrons. The standard InChI is InChI=1S/C48H39NO/c1-32-26-28-37(31-42(32)36-27-29-47-43(30-36)40-20-8-11-25-46(40)50-47)49(44-23-9-6-14-33(44)2)45-24-10-7-19-39(45)41-22-13-18-35-17-12-21-38(48(35)41)34-15-4-3-5-16-34/h3-33,42,44H,1-2H3. The molecule has 6 aromatic carbocycles. The maximum atomic E-state index is 6.20. The van der Waals surface area contributed by atoms with E-state index >= 15 is 0 Å². The number of rotatable bonds is 6. The van der Waals surface area contributed by atoms with E-state index in [4.69, 9.17) is 4.42 Å². The highest BCUT2D eigenvalue weighted by Crippen LogP contribution is 2.44. The van der Waals surface area contributed by atoms with Crippen LogP contribution in [0.3, 0.4) is 0 Å². The van der Waals surface area contributed by atoms with Gasteiger partial charge in [-0.05, 0) is 75.2 Å². The summed E-state index contributed by atoms with van der Waals surface area (Å²) in [5, 5.41) is 4.87. The minimum atomic E-state index is 0.148. The SMILES string of the molecule is CC1C=CC(N(c2ccccc2-c2cccc3cccc(-c4ccccc4)c23)C2C=CC=CC2C)=CC1c1ccc2oc3ccccc3c2c1. The topological polar surface area (TPSA) is 16.4 Å². The summed E-state index contributed by atoms with van der Waals surface area (Å²) in [5.74, 6) is 0.877. The van der Waals surface area contributed by atoms with E-state index in [0.29, 0.717) is 11.8 Å². The Balaban J connectivity index is 1.22. The van der Waals surface area contributed by atoms with Gasteiger partial charge in [0.1, 0.15) is 11.2 Å². The summed E-state index contributed by atoms with van der Waals surface area (Å²) < 4.78 is 6.20. The summed E-state index contributed by atoms with van der Waals surface area (Å²) in [5.41, 5.74) is 10.6. The fraction of sp³-hybridized carbons (Fsp3) is 0.125. The largest absolute Gasteiger partial charge is 0.456 e. The Morgan fingerprint density at radius 1 is 0.560 bits per heavy atom. The van der Waals surface area contributed by atoms with Crippen LogP contribution in [0.1, 0.15) is 25.3 Å². The first-order chi connectivity index (χ1) is 24.6. The number of fused-ring (bicyclic) bond motifs is 4. The second-order valence-corrected chi connectivity index (χ2v) is 13.8. The molecule has 9 rings (SSSR count). The number of benzene rings is 6. The van der Waals surface area contributed by atoms with Gasteiger partial charge in [0.2, 0.25) is 0 Å². The normalized spacial score (nSPS) is 20.1. The van der Waals surface area contributed by atoms with Crippen molar-refractivity contribution in [3.8, 4) is 22.3 Å². The summed E-state index contributed by atoms with van der Waals surface area (Å²) in [6.07, 6.45) is 16.3. The number of hydrogen-bond acceptors (Lipinski definition) is 2. The quantitative estimate of drug-likeness (QED) is 0.179. The van der Waals surface area contributed by atoms with Crippen LogP contribution in [0.4, 0.5) is 5.69 Å². The fourth-order valence-corrected chi connectivity index (χ4v) is 8.11. The lowest BCUT2D eigenvalue weighted by Crippen LogP contribution is -2.39. The highest BCUT2D eigenvalue weighted by atomic mass is 16.3. The van der Waals surface area contributed by atoms with Gasteiger partial charge in [-0.3, -0.25) is 0 Å². The Bertz CT molecular complexity index is 2490. The predicted octanol–water partition coefficient (Wildman–Crippen LogP) is 12.9. The Kier molecular flexibility index (Phi) is 7.58. The molecule has 0 fully saturated rings. The van der Waals surface area contributed by atoms with Crippen LogP contribution in [0.5, 0.6) is 0 Å². The van der Waals surface area contributed by atoms with E-state index in [1.807, 2.05) is 6.07 Å². The molecule has 0 amide bonds. The third-order valence-corrected chi connectivity index (χ3v) is 10.7. The Morgan fingerprint density at radius 2 is 1.28 bits per heavy atom. The average molecular weight is 646 g/mol. The van der Waals surface area contributed by atoms with Gasteiger partial charge in [-0.2, -0.15) is 0 Å². The second kappa shape index (κ2) is 12.5. The van der Waals surface area contributed by atoms with Crippen molar-refractivity contribution in [2.24, 2.45) is 11.8 Å². The summed E-state index contributed by atoms with van der Waals surface area (Å²) in [6.45, 7) is 4.66. The molecule has 4 unspecified atom stereocenters. The second-order valence-electron chi connectivity index (χ2n) is 13.8. The van der Waals surface area contributed by atoms with Gasteiger partial charge >= 0.3 is 0 Å². The Labute approximate surface area is 294 Å². The van der Waals surface area contributed by atoms with Crippen LogP contribution >= 0.6 is 0 Å². The zero-order valence-electron chi connectivity index (χ0n) is 28.4. The van der Waals surface area contributed by atoms with Gasteiger partial charge in [0.05, 0.1) is 6.04 Å². The zero-order valence-corrected chi connectivity index (χ0v) is 28.4. The van der Waals surface area contributed by atoms with E-state index in [-0.39, 0.29) is 12.0 Å². The van der Waals surface area contributed by atoms with E-state index in [1.54, 1.807) is 0 Å². The van der Waals surface area contributed by atoms with Gasteiger partial charge in [-0.15, -0.1) is 0 Å². The van der Waals surface area contributed by atoms with Crippen molar-refractivity contribution in [2.45, 2.75) is 25.8 Å². The number of para-hydroxylation sites is 2. The molecule has 0 saturated carbocycles. The van der Waals surface area contributed by atoms with Crippen molar-refractivity contribution in [3.63, 3.8) is 0 Å². The lowest BCUT2D eigenvalue weighted by Gasteiger charge is -2.40. The molecule has 2 aliphatic rings. The van der Waals surface area contributed by atoms with Crippen LogP contribution in [0.25, 0.3) is 55.0 Å². The minimum absolute atomic E-state index is 0.148. The van der Waals surface area contributed by atoms with Crippen molar-refractivity contribution in [3.05, 3.63) is 187 Å². The molecule has 0 spiro atoms. The van der Waals surface area contributed by atoms with Crippen molar-refractivity contribution < 1.29 is 4.42 Å². The molecule has 0 saturated heterocycles. The van der Waals surface area contributed by atoms with Gasteiger partial charge in [-0.25, -0.2) is 0 Å². The van der Waals surface area contributed by atoms with E-state index < -0.39 is 0 Å². The van der Waals surface area contributed by atoms with Crippen molar-refractivity contribution >= 4 is 38.4 Å². The van der Waals surface area contributed by atoms with E-state index in [0.717, 1.165) is 11.2 Å². The predicted molar refractivity (Wildman–Crippen MR) is 211 cm³/mol. The zero-order chi connectivity index (χ0) is 33.6. The molecule has 50 heavy (non-hydrogen) atoms. The molecule has 2 heteroatoms. The monoisotopic (exact) mass is 645 g/mol. The minimum Gasteiger partial charge on any atom is -0.456 e. The van der Waals surface area contributed by atoms with Crippen molar-refractivity contribution in [1.82, 2.24) is 0 Å². The summed E-state index contributed by atoms with van der Waals surface area (Å²) in [4.78, 5) is 2.59. The van der Waals surface area contributed by atoms with Gasteiger partial charge < -0.3 is 9.32 Å². The average Bonchev–Trinajstić information content (AvgIpc) is 3.54. The van der Waals surface area contributed by atoms with Crippen molar-refractivity contribution in [1.29, 1.82) is 0 Å². The molecule has 0 N–H and O–H groups in total. The summed E-state index contributed by atoms with van der Waals surface area (Å²) in [7, 11) is 0. The molecule has 242 valence electrons. The van der Waals surface area contributed by atoms with Gasteiger partial charge in [0.25, 0.3) is 0 Å². The van der Waals surface area contributed by atoms with Crippen LogP contribution in [0, 0.1) is 11.8 Å². The number of allylic oxidation sites excluding steroid dienone is 5. The lowest BCUT2D eigenvalue weighted by atomic mass is 9.82. The van der Waals surface area contributed by atoms with Crippen LogP contribution < -0.4 is 4.90 Å². The molecular weight excluding hydrogens is 607 g/mol. The number of anilines is 1. The molecule has 2 aliphatic carbocycles. The first-order valence-electron chi connectivity index (χ1n) is 17.8. The lowest BCUT2D eigenvalue weighted by molar-refractivity contribution is 0.582. The molecule has 1 heterocycles. The van der Waals surface area contributed by atoms with Gasteiger partial charge in [0.15, 0.2) is 0 Å². The van der Waals surface area contributed by atoms with Crippen molar-refractivity contribution in [2.75, 3.05) is 4.90 Å². The Hall–Kier alpha value is -5.86. The third kappa shape index (κ3) is 5.20. The van der Waals surface area contributed by atoms with Gasteiger partial charge in [-0.1, -0.05) is 159 Å². The molecule has 0 aliphatic heterocycles. The van der Waals surface area contributed by atoms with E-state index in [1.165, 1.54) is 60.7 Å². The highest BCUT2D eigenvalue weighted by Gasteiger charge is 2.30. The van der Waals surface area contributed by atoms with E-state index in [2.05, 4.69) is 189 Å². The van der Waals surface area contributed by atoms with Crippen LogP contribution in [0.15, 0.2) is 186 Å². The number of furan rings is 1. The van der Waals surface area contributed by atoms with Crippen LogP contribution in [-0.4, -0.2) is 6.04 Å².